The largest absolute Gasteiger partial charge is 0.398 e. The number of hydrogen-bond acceptors (Lipinski definition) is 3. The first-order chi connectivity index (χ1) is 8.10. The van der Waals surface area contributed by atoms with Crippen molar-refractivity contribution >= 4 is 28.8 Å². The van der Waals surface area contributed by atoms with Crippen molar-refractivity contribution in [3.05, 3.63) is 35.0 Å². The third-order valence-electron chi connectivity index (χ3n) is 2.57. The summed E-state index contributed by atoms with van der Waals surface area (Å²) in [5.74, 6) is 0.802. The molecule has 0 aliphatic heterocycles. The first kappa shape index (κ1) is 11.8. The molecule has 2 rings (SSSR count). The molecule has 0 atom stereocenters. The van der Waals surface area contributed by atoms with Gasteiger partial charge in [-0.05, 0) is 31.5 Å². The van der Waals surface area contributed by atoms with Crippen LogP contribution in [0.1, 0.15) is 12.5 Å². The molecule has 0 fully saturated rings. The third-order valence-corrected chi connectivity index (χ3v) is 2.90. The normalized spacial score (nSPS) is 10.5. The number of nitrogen functional groups attached to an aromatic ring is 1. The number of anilines is 3. The summed E-state index contributed by atoms with van der Waals surface area (Å²) >= 11 is 5.99. The average molecular weight is 251 g/mol. The lowest BCUT2D eigenvalue weighted by Crippen LogP contribution is -1.99. The molecule has 0 aliphatic carbocycles. The van der Waals surface area contributed by atoms with E-state index in [0.29, 0.717) is 10.7 Å². The lowest BCUT2D eigenvalue weighted by molar-refractivity contribution is 0.662. The van der Waals surface area contributed by atoms with Gasteiger partial charge >= 0.3 is 0 Å². The zero-order valence-electron chi connectivity index (χ0n) is 9.87. The number of nitrogens with one attached hydrogen (secondary N) is 1. The van der Waals surface area contributed by atoms with Crippen LogP contribution in [0.15, 0.2) is 24.4 Å². The first-order valence-electron chi connectivity index (χ1n) is 5.46. The van der Waals surface area contributed by atoms with Crippen molar-refractivity contribution in [1.29, 1.82) is 0 Å². The zero-order chi connectivity index (χ0) is 12.4. The molecule has 90 valence electrons. The summed E-state index contributed by atoms with van der Waals surface area (Å²) in [6.07, 6.45) is 1.93. The number of benzene rings is 1. The highest BCUT2D eigenvalue weighted by Crippen LogP contribution is 2.28. The Bertz CT molecular complexity index is 533. The van der Waals surface area contributed by atoms with Gasteiger partial charge in [0, 0.05) is 24.5 Å². The maximum Gasteiger partial charge on any atom is 0.152 e. The summed E-state index contributed by atoms with van der Waals surface area (Å²) in [6, 6.07) is 5.59. The van der Waals surface area contributed by atoms with Crippen molar-refractivity contribution in [3.63, 3.8) is 0 Å². The van der Waals surface area contributed by atoms with E-state index in [1.54, 1.807) is 0 Å². The lowest BCUT2D eigenvalue weighted by Gasteiger charge is -2.09. The number of nitrogens with zero attached hydrogens (tertiary/aromatic N) is 2. The van der Waals surface area contributed by atoms with Crippen LogP contribution in [0.5, 0.6) is 0 Å². The fourth-order valence-corrected chi connectivity index (χ4v) is 1.74. The van der Waals surface area contributed by atoms with Crippen molar-refractivity contribution in [2.24, 2.45) is 0 Å². The molecule has 5 heteroatoms. The van der Waals surface area contributed by atoms with Gasteiger partial charge in [0.25, 0.3) is 0 Å². The molecular formula is C12H15ClN4. The van der Waals surface area contributed by atoms with Crippen LogP contribution in [0.2, 0.25) is 5.02 Å². The third kappa shape index (κ3) is 2.53. The molecule has 1 aromatic carbocycles. The Morgan fingerprint density at radius 2 is 2.24 bits per heavy atom. The smallest absolute Gasteiger partial charge is 0.152 e. The van der Waals surface area contributed by atoms with Gasteiger partial charge in [-0.2, -0.15) is 5.10 Å². The fourth-order valence-electron chi connectivity index (χ4n) is 1.58. The van der Waals surface area contributed by atoms with E-state index in [-0.39, 0.29) is 0 Å². The summed E-state index contributed by atoms with van der Waals surface area (Å²) in [7, 11) is 0. The standard InChI is InChI=1S/C12H15ClN4/c1-3-17-5-4-12(16-17)15-11-7-9(13)10(14)6-8(11)2/h4-7H,3,14H2,1-2H3,(H,15,16). The molecule has 1 aromatic heterocycles. The highest BCUT2D eigenvalue weighted by molar-refractivity contribution is 6.33. The van der Waals surface area contributed by atoms with Crippen LogP contribution in [-0.2, 0) is 6.54 Å². The van der Waals surface area contributed by atoms with Gasteiger partial charge < -0.3 is 11.1 Å². The molecule has 3 N–H and O–H groups in total. The number of nitrogens with two attached hydrogens (primary N) is 1. The van der Waals surface area contributed by atoms with E-state index in [4.69, 9.17) is 17.3 Å². The van der Waals surface area contributed by atoms with Gasteiger partial charge in [-0.1, -0.05) is 11.6 Å². The van der Waals surface area contributed by atoms with Crippen molar-refractivity contribution in [2.75, 3.05) is 11.1 Å². The van der Waals surface area contributed by atoms with E-state index in [1.165, 1.54) is 0 Å². The lowest BCUT2D eigenvalue weighted by atomic mass is 10.2. The first-order valence-corrected chi connectivity index (χ1v) is 5.84. The summed E-state index contributed by atoms with van der Waals surface area (Å²) in [5.41, 5.74) is 8.28. The molecule has 0 saturated heterocycles. The second-order valence-corrected chi connectivity index (χ2v) is 4.28. The topological polar surface area (TPSA) is 55.9 Å². The van der Waals surface area contributed by atoms with E-state index in [9.17, 15) is 0 Å². The average Bonchev–Trinajstić information content (AvgIpc) is 2.73. The van der Waals surface area contributed by atoms with Crippen LogP contribution < -0.4 is 11.1 Å². The van der Waals surface area contributed by atoms with E-state index < -0.39 is 0 Å². The molecule has 0 radical (unpaired) electrons. The molecule has 0 amide bonds. The van der Waals surface area contributed by atoms with Crippen molar-refractivity contribution in [2.45, 2.75) is 20.4 Å². The van der Waals surface area contributed by atoms with Crippen LogP contribution in [0.25, 0.3) is 0 Å². The minimum atomic E-state index is 0.549. The Morgan fingerprint density at radius 1 is 1.47 bits per heavy atom. The number of aromatic nitrogens is 2. The molecule has 0 spiro atoms. The molecule has 1 heterocycles. The van der Waals surface area contributed by atoms with Crippen LogP contribution in [0.3, 0.4) is 0 Å². The summed E-state index contributed by atoms with van der Waals surface area (Å²) in [5, 5.41) is 8.12. The number of hydrogen-bond donors (Lipinski definition) is 2. The second-order valence-electron chi connectivity index (χ2n) is 3.87. The molecule has 17 heavy (non-hydrogen) atoms. The Morgan fingerprint density at radius 3 is 2.88 bits per heavy atom. The van der Waals surface area contributed by atoms with Crippen molar-refractivity contribution in [1.82, 2.24) is 9.78 Å². The quantitative estimate of drug-likeness (QED) is 0.823. The molecular weight excluding hydrogens is 236 g/mol. The van der Waals surface area contributed by atoms with Crippen LogP contribution in [0.4, 0.5) is 17.2 Å². The zero-order valence-corrected chi connectivity index (χ0v) is 10.6. The minimum absolute atomic E-state index is 0.549. The van der Waals surface area contributed by atoms with Crippen LogP contribution >= 0.6 is 11.6 Å². The SMILES string of the molecule is CCn1ccc(Nc2cc(Cl)c(N)cc2C)n1. The van der Waals surface area contributed by atoms with Crippen LogP contribution in [-0.4, -0.2) is 9.78 Å². The maximum absolute atomic E-state index is 5.99. The van der Waals surface area contributed by atoms with E-state index in [2.05, 4.69) is 10.4 Å². The Labute approximate surface area is 105 Å². The maximum atomic E-state index is 5.99. The van der Waals surface area contributed by atoms with E-state index in [1.807, 2.05) is 42.9 Å². The van der Waals surface area contributed by atoms with Gasteiger partial charge in [0.05, 0.1) is 10.7 Å². The van der Waals surface area contributed by atoms with Crippen molar-refractivity contribution < 1.29 is 0 Å². The summed E-state index contributed by atoms with van der Waals surface area (Å²) in [4.78, 5) is 0. The van der Waals surface area contributed by atoms with Gasteiger partial charge in [0.15, 0.2) is 5.82 Å². The molecule has 4 nitrogen and oxygen atoms in total. The van der Waals surface area contributed by atoms with Crippen molar-refractivity contribution in [3.8, 4) is 0 Å². The monoisotopic (exact) mass is 250 g/mol. The predicted molar refractivity (Wildman–Crippen MR) is 71.8 cm³/mol. The second kappa shape index (κ2) is 4.67. The predicted octanol–water partition coefficient (Wildman–Crippen LogP) is 3.19. The molecule has 0 bridgehead atoms. The van der Waals surface area contributed by atoms with E-state index >= 15 is 0 Å². The Balaban J connectivity index is 2.26. The molecule has 2 aromatic rings. The van der Waals surface area contributed by atoms with E-state index in [0.717, 1.165) is 23.6 Å². The minimum Gasteiger partial charge on any atom is -0.398 e. The number of rotatable bonds is 3. The highest BCUT2D eigenvalue weighted by atomic mass is 35.5. The molecule has 0 saturated carbocycles. The number of halogens is 1. The molecule has 0 aliphatic rings. The summed E-state index contributed by atoms with van der Waals surface area (Å²) in [6.45, 7) is 4.87. The van der Waals surface area contributed by atoms with Crippen LogP contribution in [0, 0.1) is 6.92 Å². The van der Waals surface area contributed by atoms with Gasteiger partial charge in [-0.15, -0.1) is 0 Å². The fraction of sp³-hybridized carbons (Fsp3) is 0.250. The van der Waals surface area contributed by atoms with Gasteiger partial charge in [-0.25, -0.2) is 0 Å². The molecule has 0 unspecified atom stereocenters. The van der Waals surface area contributed by atoms with Gasteiger partial charge in [-0.3, -0.25) is 4.68 Å². The number of aryl methyl sites for hydroxylation is 2. The Kier molecular flexibility index (Phi) is 3.24. The highest BCUT2D eigenvalue weighted by Gasteiger charge is 2.05. The summed E-state index contributed by atoms with van der Waals surface area (Å²) < 4.78 is 1.86. The Hall–Kier alpha value is -1.68. The van der Waals surface area contributed by atoms with Gasteiger partial charge in [0.1, 0.15) is 0 Å². The van der Waals surface area contributed by atoms with Gasteiger partial charge in [0.2, 0.25) is 0 Å².